The van der Waals surface area contributed by atoms with Crippen LogP contribution in [0.25, 0.3) is 0 Å². The molecule has 0 aliphatic heterocycles. The number of halogens is 4. The number of carbonyl (C=O) groups excluding carboxylic acids is 2. The lowest BCUT2D eigenvalue weighted by Gasteiger charge is -2.27. The van der Waals surface area contributed by atoms with Gasteiger partial charge in [0.25, 0.3) is 0 Å². The smallest absolute Gasteiger partial charge is 0.308 e. The molecule has 1 saturated carbocycles. The monoisotopic (exact) mass is 645 g/mol. The third-order valence-corrected chi connectivity index (χ3v) is 9.64. The lowest BCUT2D eigenvalue weighted by Crippen LogP contribution is -2.41. The number of nitriles is 1. The Morgan fingerprint density at radius 2 is 1.56 bits per heavy atom. The van der Waals surface area contributed by atoms with E-state index in [0.29, 0.717) is 11.5 Å². The Labute approximate surface area is 258 Å². The molecule has 0 heterocycles. The van der Waals surface area contributed by atoms with Crippen molar-refractivity contribution < 1.29 is 40.3 Å². The minimum Gasteiger partial charge on any atom is -0.425 e. The van der Waals surface area contributed by atoms with Gasteiger partial charge in [0, 0.05) is 31.3 Å². The molecule has 0 N–H and O–H groups in total. The average Bonchev–Trinajstić information content (AvgIpc) is 3.02. The van der Waals surface area contributed by atoms with Gasteiger partial charge in [-0.3, -0.25) is 9.59 Å². The van der Waals surface area contributed by atoms with E-state index in [1.165, 1.54) is 24.6 Å². The highest BCUT2D eigenvalue weighted by Gasteiger charge is 2.36. The van der Waals surface area contributed by atoms with Crippen LogP contribution in [0.4, 0.5) is 23.2 Å². The lowest BCUT2D eigenvalue weighted by molar-refractivity contribution is -0.131. The fourth-order valence-corrected chi connectivity index (χ4v) is 6.54. The summed E-state index contributed by atoms with van der Waals surface area (Å²) >= 11 is 0. The average molecular weight is 646 g/mol. The van der Waals surface area contributed by atoms with Gasteiger partial charge in [-0.25, -0.2) is 26.0 Å². The van der Waals surface area contributed by atoms with Gasteiger partial charge in [0.05, 0.1) is 18.7 Å². The van der Waals surface area contributed by atoms with Gasteiger partial charge in [-0.05, 0) is 48.9 Å². The van der Waals surface area contributed by atoms with Crippen LogP contribution in [-0.2, 0) is 26.2 Å². The number of rotatable bonds is 9. The molecule has 8 nitrogen and oxygen atoms in total. The zero-order valence-corrected chi connectivity index (χ0v) is 25.7. The van der Waals surface area contributed by atoms with Crippen LogP contribution in [0.2, 0.25) is 0 Å². The summed E-state index contributed by atoms with van der Waals surface area (Å²) in [7, 11) is -4.42. The summed E-state index contributed by atoms with van der Waals surface area (Å²) in [5, 5.41) is 9.45. The van der Waals surface area contributed by atoms with Crippen LogP contribution in [0.15, 0.2) is 47.4 Å². The van der Waals surface area contributed by atoms with Crippen molar-refractivity contribution in [1.29, 1.82) is 5.26 Å². The minimum atomic E-state index is -5.26. The number of hydrogen-bond acceptors (Lipinski definition) is 6. The molecule has 0 spiro atoms. The Morgan fingerprint density at radius 3 is 2.11 bits per heavy atom. The molecular formula is C32H31F4N3O5S. The Morgan fingerprint density at radius 1 is 0.956 bits per heavy atom. The zero-order chi connectivity index (χ0) is 33.1. The van der Waals surface area contributed by atoms with Gasteiger partial charge in [0.15, 0.2) is 33.9 Å². The van der Waals surface area contributed by atoms with E-state index < -0.39 is 62.2 Å². The van der Waals surface area contributed by atoms with Crippen LogP contribution in [-0.4, -0.2) is 38.2 Å². The highest BCUT2D eigenvalue weighted by atomic mass is 32.2. The molecule has 1 aliphatic carbocycles. The number of esters is 1. The van der Waals surface area contributed by atoms with Crippen LogP contribution >= 0.6 is 0 Å². The van der Waals surface area contributed by atoms with E-state index in [1.807, 2.05) is 30.3 Å². The second-order valence-corrected chi connectivity index (χ2v) is 12.9. The molecule has 3 aromatic rings. The molecule has 3 aromatic carbocycles. The molecule has 0 bridgehead atoms. The quantitative estimate of drug-likeness (QED) is 0.118. The fraction of sp³-hybridized carbons (Fsp3) is 0.344. The Balaban J connectivity index is 1.69. The van der Waals surface area contributed by atoms with Gasteiger partial charge in [-0.1, -0.05) is 43.5 Å². The number of sulfonamides is 1. The van der Waals surface area contributed by atoms with Gasteiger partial charge >= 0.3 is 5.97 Å². The maximum Gasteiger partial charge on any atom is 0.308 e. The van der Waals surface area contributed by atoms with Crippen LogP contribution in [0.1, 0.15) is 67.2 Å². The first-order valence-electron chi connectivity index (χ1n) is 14.2. The summed E-state index contributed by atoms with van der Waals surface area (Å²) < 4.78 is 89.4. The molecule has 0 unspecified atom stereocenters. The van der Waals surface area contributed by atoms with Crippen molar-refractivity contribution in [2.45, 2.75) is 63.3 Å². The maximum absolute atomic E-state index is 14.6. The predicted octanol–water partition coefficient (Wildman–Crippen LogP) is 6.25. The van der Waals surface area contributed by atoms with Crippen molar-refractivity contribution in [2.75, 3.05) is 18.5 Å². The Hall–Kier alpha value is -4.28. The Bertz CT molecular complexity index is 1740. The van der Waals surface area contributed by atoms with E-state index in [1.54, 1.807) is 0 Å². The number of anilines is 1. The highest BCUT2D eigenvalue weighted by Crippen LogP contribution is 2.34. The first-order chi connectivity index (χ1) is 21.3. The summed E-state index contributed by atoms with van der Waals surface area (Å²) in [6.07, 6.45) is 5.63. The third-order valence-electron chi connectivity index (χ3n) is 7.82. The van der Waals surface area contributed by atoms with E-state index in [9.17, 15) is 40.8 Å². The zero-order valence-electron chi connectivity index (χ0n) is 24.9. The largest absolute Gasteiger partial charge is 0.425 e. The molecule has 1 aliphatic rings. The summed E-state index contributed by atoms with van der Waals surface area (Å²) in [4.78, 5) is 24.6. The molecule has 0 atom stereocenters. The summed E-state index contributed by atoms with van der Waals surface area (Å²) in [6.45, 7) is 0.766. The topological polar surface area (TPSA) is 108 Å². The van der Waals surface area contributed by atoms with Gasteiger partial charge in [-0.15, -0.1) is 0 Å². The van der Waals surface area contributed by atoms with Gasteiger partial charge in [0.2, 0.25) is 15.9 Å². The molecule has 13 heteroatoms. The van der Waals surface area contributed by atoms with Crippen molar-refractivity contribution in [1.82, 2.24) is 4.31 Å². The van der Waals surface area contributed by atoms with Crippen molar-refractivity contribution >= 4 is 27.6 Å². The van der Waals surface area contributed by atoms with Crippen LogP contribution in [0, 0.1) is 41.5 Å². The van der Waals surface area contributed by atoms with E-state index in [-0.39, 0.29) is 27.9 Å². The molecule has 4 rings (SSSR count). The minimum absolute atomic E-state index is 0.00717. The fourth-order valence-electron chi connectivity index (χ4n) is 5.31. The van der Waals surface area contributed by atoms with E-state index >= 15 is 0 Å². The van der Waals surface area contributed by atoms with E-state index in [2.05, 4.69) is 0 Å². The second kappa shape index (κ2) is 13.8. The maximum atomic E-state index is 14.6. The number of nitrogens with zero attached hydrogens (tertiary/aromatic N) is 3. The van der Waals surface area contributed by atoms with Crippen LogP contribution < -0.4 is 9.64 Å². The van der Waals surface area contributed by atoms with Crippen LogP contribution in [0.3, 0.4) is 0 Å². The first-order valence-corrected chi connectivity index (χ1v) is 15.6. The number of carbonyl (C=O) groups is 2. The van der Waals surface area contributed by atoms with Gasteiger partial charge < -0.3 is 9.64 Å². The molecule has 0 aromatic heterocycles. The first kappa shape index (κ1) is 33.6. The number of hydrogen-bond donors (Lipinski definition) is 0. The summed E-state index contributed by atoms with van der Waals surface area (Å²) in [5.41, 5.74) is 0.869. The Kier molecular flexibility index (Phi) is 10.3. The van der Waals surface area contributed by atoms with Crippen molar-refractivity contribution in [3.63, 3.8) is 0 Å². The molecule has 0 saturated heterocycles. The highest BCUT2D eigenvalue weighted by molar-refractivity contribution is 7.89. The molecule has 45 heavy (non-hydrogen) atoms. The van der Waals surface area contributed by atoms with Gasteiger partial charge in [0.1, 0.15) is 6.07 Å². The molecule has 1 amide bonds. The standard InChI is InChI=1S/C32H31F4N3O5S/c1-19-28(33)30(35)32(31(36)29(19)34)45(42,43)38(3)18-27(41)39(25-14-13-24(16-37)26(15-25)44-20(2)40)17-21-9-11-23(12-10-21)22-7-5-4-6-8-22/h9-15,22H,4-8,17-18H2,1-3H3. The molecule has 1 fully saturated rings. The lowest BCUT2D eigenvalue weighted by atomic mass is 9.84. The summed E-state index contributed by atoms with van der Waals surface area (Å²) in [5.74, 6) is -9.33. The van der Waals surface area contributed by atoms with Gasteiger partial charge in [-0.2, -0.15) is 9.57 Å². The van der Waals surface area contributed by atoms with Crippen LogP contribution in [0.5, 0.6) is 5.75 Å². The SMILES string of the molecule is CC(=O)Oc1cc(N(Cc2ccc(C3CCCCC3)cc2)C(=O)CN(C)S(=O)(=O)c2c(F)c(F)c(C)c(F)c2F)ccc1C#N. The van der Waals surface area contributed by atoms with E-state index in [4.69, 9.17) is 4.74 Å². The number of ether oxygens (including phenoxy) is 1. The van der Waals surface area contributed by atoms with Crippen molar-refractivity contribution in [3.05, 3.63) is 88.0 Å². The summed E-state index contributed by atoms with van der Waals surface area (Å²) in [6, 6.07) is 13.4. The second-order valence-electron chi connectivity index (χ2n) is 10.9. The van der Waals surface area contributed by atoms with E-state index in [0.717, 1.165) is 57.0 Å². The van der Waals surface area contributed by atoms with Crippen molar-refractivity contribution in [3.8, 4) is 11.8 Å². The van der Waals surface area contributed by atoms with Crippen molar-refractivity contribution in [2.24, 2.45) is 0 Å². The number of likely N-dealkylation sites (N-methyl/N-ethyl adjacent to an activating group) is 1. The number of amides is 1. The molecule has 0 radical (unpaired) electrons. The third kappa shape index (κ3) is 7.18. The normalized spacial score (nSPS) is 13.8. The molecular weight excluding hydrogens is 614 g/mol. The predicted molar refractivity (Wildman–Crippen MR) is 157 cm³/mol. The molecule has 238 valence electrons. The number of benzene rings is 3.